The number of hydrazine groups is 1. The normalized spacial score (nSPS) is 14.5. The van der Waals surface area contributed by atoms with Crippen LogP contribution in [0.3, 0.4) is 0 Å². The van der Waals surface area contributed by atoms with E-state index in [0.29, 0.717) is 12.0 Å². The molecule has 0 bridgehead atoms. The maximum absolute atomic E-state index is 5.72. The summed E-state index contributed by atoms with van der Waals surface area (Å²) in [5.74, 6) is 6.42. The van der Waals surface area contributed by atoms with Gasteiger partial charge < -0.3 is 0 Å². The smallest absolute Gasteiger partial charge is 0.0253 e. The minimum Gasteiger partial charge on any atom is -0.271 e. The van der Waals surface area contributed by atoms with E-state index in [0.717, 1.165) is 12.8 Å². The molecule has 0 spiro atoms. The topological polar surface area (TPSA) is 38.0 Å². The highest BCUT2D eigenvalue weighted by Crippen LogP contribution is 2.21. The first kappa shape index (κ1) is 14.0. The van der Waals surface area contributed by atoms with Crippen molar-refractivity contribution in [1.29, 1.82) is 0 Å². The Labute approximate surface area is 116 Å². The summed E-state index contributed by atoms with van der Waals surface area (Å²) in [5.41, 5.74) is 4.36. The largest absolute Gasteiger partial charge is 0.271 e. The quantitative estimate of drug-likeness (QED) is 0.611. The first-order valence-electron chi connectivity index (χ1n) is 7.17. The van der Waals surface area contributed by atoms with Crippen molar-refractivity contribution in [1.82, 2.24) is 5.43 Å². The highest BCUT2D eigenvalue weighted by atomic mass is 15.2. The Kier molecular flexibility index (Phi) is 4.94. The molecule has 0 heterocycles. The van der Waals surface area contributed by atoms with Crippen molar-refractivity contribution in [3.8, 4) is 0 Å². The first-order valence-corrected chi connectivity index (χ1v) is 7.17. The Morgan fingerprint density at radius 2 is 1.84 bits per heavy atom. The van der Waals surface area contributed by atoms with Gasteiger partial charge in [-0.05, 0) is 35.1 Å². The third-order valence-corrected chi connectivity index (χ3v) is 3.97. The molecule has 2 unspecified atom stereocenters. The Morgan fingerprint density at radius 1 is 1.11 bits per heavy atom. The van der Waals surface area contributed by atoms with Crippen LogP contribution in [0.5, 0.6) is 0 Å². The van der Waals surface area contributed by atoms with E-state index in [1.54, 1.807) is 0 Å². The molecule has 0 radical (unpaired) electrons. The molecule has 0 aliphatic carbocycles. The van der Waals surface area contributed by atoms with Crippen LogP contribution in [0.1, 0.15) is 32.3 Å². The van der Waals surface area contributed by atoms with Gasteiger partial charge in [0.25, 0.3) is 0 Å². The van der Waals surface area contributed by atoms with Crippen molar-refractivity contribution in [2.45, 2.75) is 39.2 Å². The van der Waals surface area contributed by atoms with Crippen LogP contribution in [-0.2, 0) is 6.42 Å². The van der Waals surface area contributed by atoms with E-state index in [4.69, 9.17) is 5.84 Å². The predicted octanol–water partition coefficient (Wildman–Crippen LogP) is 3.65. The minimum atomic E-state index is 0.348. The molecule has 2 aromatic rings. The third-order valence-electron chi connectivity index (χ3n) is 3.97. The lowest BCUT2D eigenvalue weighted by molar-refractivity contribution is 0.397. The van der Waals surface area contributed by atoms with Gasteiger partial charge in [-0.1, -0.05) is 62.7 Å². The van der Waals surface area contributed by atoms with Gasteiger partial charge in [0.05, 0.1) is 0 Å². The second-order valence-electron chi connectivity index (χ2n) is 5.46. The maximum atomic E-state index is 5.72. The summed E-state index contributed by atoms with van der Waals surface area (Å²) in [5, 5.41) is 2.65. The summed E-state index contributed by atoms with van der Waals surface area (Å²) in [6, 6.07) is 15.4. The monoisotopic (exact) mass is 256 g/mol. The zero-order valence-corrected chi connectivity index (χ0v) is 11.9. The average Bonchev–Trinajstić information content (AvgIpc) is 2.46. The van der Waals surface area contributed by atoms with Crippen molar-refractivity contribution in [3.05, 3.63) is 48.0 Å². The van der Waals surface area contributed by atoms with E-state index in [2.05, 4.69) is 61.7 Å². The number of nitrogens with two attached hydrogens (primary N) is 1. The molecule has 19 heavy (non-hydrogen) atoms. The van der Waals surface area contributed by atoms with Crippen molar-refractivity contribution >= 4 is 10.8 Å². The fourth-order valence-electron chi connectivity index (χ4n) is 2.60. The zero-order chi connectivity index (χ0) is 13.7. The lowest BCUT2D eigenvalue weighted by atomic mass is 9.93. The van der Waals surface area contributed by atoms with Gasteiger partial charge in [0.15, 0.2) is 0 Å². The van der Waals surface area contributed by atoms with Crippen molar-refractivity contribution < 1.29 is 0 Å². The SMILES string of the molecule is CCC(C)CC(Cc1cccc2ccccc12)NN. The van der Waals surface area contributed by atoms with Crippen LogP contribution in [0.25, 0.3) is 10.8 Å². The predicted molar refractivity (Wildman–Crippen MR) is 82.8 cm³/mol. The van der Waals surface area contributed by atoms with Gasteiger partial charge in [0.2, 0.25) is 0 Å². The van der Waals surface area contributed by atoms with Crippen molar-refractivity contribution in [3.63, 3.8) is 0 Å². The molecular weight excluding hydrogens is 232 g/mol. The maximum Gasteiger partial charge on any atom is 0.0253 e. The highest BCUT2D eigenvalue weighted by Gasteiger charge is 2.12. The van der Waals surface area contributed by atoms with Gasteiger partial charge >= 0.3 is 0 Å². The van der Waals surface area contributed by atoms with E-state index in [1.807, 2.05) is 0 Å². The second kappa shape index (κ2) is 6.69. The van der Waals surface area contributed by atoms with Crippen LogP contribution < -0.4 is 11.3 Å². The van der Waals surface area contributed by atoms with Crippen LogP contribution in [0.15, 0.2) is 42.5 Å². The number of hydrogen-bond donors (Lipinski definition) is 2. The summed E-state index contributed by atoms with van der Waals surface area (Å²) in [6.45, 7) is 4.52. The molecular formula is C17H24N2. The third kappa shape index (κ3) is 3.55. The summed E-state index contributed by atoms with van der Waals surface area (Å²) < 4.78 is 0. The molecule has 2 rings (SSSR count). The molecule has 2 nitrogen and oxygen atoms in total. The molecule has 0 amide bonds. The molecule has 2 atom stereocenters. The molecule has 102 valence electrons. The molecule has 0 aromatic heterocycles. The number of hydrogen-bond acceptors (Lipinski definition) is 2. The Morgan fingerprint density at radius 3 is 2.58 bits per heavy atom. The Bertz CT molecular complexity index is 516. The fraction of sp³-hybridized carbons (Fsp3) is 0.412. The van der Waals surface area contributed by atoms with Gasteiger partial charge in [0, 0.05) is 6.04 Å². The van der Waals surface area contributed by atoms with Gasteiger partial charge in [0.1, 0.15) is 0 Å². The average molecular weight is 256 g/mol. The summed E-state index contributed by atoms with van der Waals surface area (Å²) in [6.07, 6.45) is 3.31. The standard InChI is InChI=1S/C17H24N2/c1-3-13(2)11-16(19-18)12-15-9-6-8-14-7-4-5-10-17(14)15/h4-10,13,16,19H,3,11-12,18H2,1-2H3. The molecule has 0 aliphatic rings. The van der Waals surface area contributed by atoms with Crippen LogP contribution in [0, 0.1) is 5.92 Å². The number of fused-ring (bicyclic) bond motifs is 1. The highest BCUT2D eigenvalue weighted by molar-refractivity contribution is 5.85. The Balaban J connectivity index is 2.19. The van der Waals surface area contributed by atoms with Crippen LogP contribution in [0.2, 0.25) is 0 Å². The summed E-state index contributed by atoms with van der Waals surface area (Å²) in [4.78, 5) is 0. The zero-order valence-electron chi connectivity index (χ0n) is 11.9. The first-order chi connectivity index (χ1) is 9.24. The van der Waals surface area contributed by atoms with Gasteiger partial charge in [-0.3, -0.25) is 11.3 Å². The fourth-order valence-corrected chi connectivity index (χ4v) is 2.60. The van der Waals surface area contributed by atoms with Crippen molar-refractivity contribution in [2.75, 3.05) is 0 Å². The molecule has 0 fully saturated rings. The van der Waals surface area contributed by atoms with E-state index in [-0.39, 0.29) is 0 Å². The van der Waals surface area contributed by atoms with Gasteiger partial charge in [-0.15, -0.1) is 0 Å². The molecule has 0 saturated carbocycles. The number of rotatable bonds is 6. The molecule has 2 aromatic carbocycles. The summed E-state index contributed by atoms with van der Waals surface area (Å²) >= 11 is 0. The molecule has 0 aliphatic heterocycles. The minimum absolute atomic E-state index is 0.348. The van der Waals surface area contributed by atoms with Crippen molar-refractivity contribution in [2.24, 2.45) is 11.8 Å². The summed E-state index contributed by atoms with van der Waals surface area (Å²) in [7, 11) is 0. The van der Waals surface area contributed by atoms with Gasteiger partial charge in [-0.25, -0.2) is 0 Å². The van der Waals surface area contributed by atoms with Crippen LogP contribution >= 0.6 is 0 Å². The Hall–Kier alpha value is -1.38. The lowest BCUT2D eigenvalue weighted by Crippen LogP contribution is -2.38. The molecule has 0 saturated heterocycles. The van der Waals surface area contributed by atoms with E-state index >= 15 is 0 Å². The van der Waals surface area contributed by atoms with Crippen LogP contribution in [0.4, 0.5) is 0 Å². The number of nitrogens with one attached hydrogen (secondary N) is 1. The molecule has 3 N–H and O–H groups in total. The molecule has 2 heteroatoms. The van der Waals surface area contributed by atoms with E-state index in [1.165, 1.54) is 22.8 Å². The second-order valence-corrected chi connectivity index (χ2v) is 5.46. The van der Waals surface area contributed by atoms with Gasteiger partial charge in [-0.2, -0.15) is 0 Å². The van der Waals surface area contributed by atoms with E-state index in [9.17, 15) is 0 Å². The lowest BCUT2D eigenvalue weighted by Gasteiger charge is -2.20. The number of benzene rings is 2. The van der Waals surface area contributed by atoms with Crippen LogP contribution in [-0.4, -0.2) is 6.04 Å². The van der Waals surface area contributed by atoms with E-state index < -0.39 is 0 Å².